The predicted octanol–water partition coefficient (Wildman–Crippen LogP) is 2.47. The fraction of sp³-hybridized carbons (Fsp3) is 0.500. The zero-order valence-electron chi connectivity index (χ0n) is 10.9. The molecule has 1 unspecified atom stereocenters. The Morgan fingerprint density at radius 1 is 1.33 bits per heavy atom. The zero-order valence-corrected chi connectivity index (χ0v) is 12.5. The maximum absolute atomic E-state index is 13.0. The average Bonchev–Trinajstić information content (AvgIpc) is 2.37. The van der Waals surface area contributed by atoms with E-state index in [2.05, 4.69) is 0 Å². The van der Waals surface area contributed by atoms with Gasteiger partial charge in [-0.15, -0.1) is 0 Å². The quantitative estimate of drug-likeness (QED) is 0.898. The topological polar surface area (TPSA) is 63.4 Å². The number of benzene rings is 1. The van der Waals surface area contributed by atoms with Crippen LogP contribution in [0.4, 0.5) is 13.2 Å². The molecule has 0 aromatic heterocycles. The van der Waals surface area contributed by atoms with Gasteiger partial charge in [0.2, 0.25) is 10.0 Å². The van der Waals surface area contributed by atoms with Gasteiger partial charge in [-0.3, -0.25) is 0 Å². The second-order valence-corrected chi connectivity index (χ2v) is 7.16. The summed E-state index contributed by atoms with van der Waals surface area (Å²) in [5, 5.41) is -0.441. The van der Waals surface area contributed by atoms with Crippen molar-refractivity contribution in [2.75, 3.05) is 13.1 Å². The van der Waals surface area contributed by atoms with Crippen LogP contribution in [-0.4, -0.2) is 31.9 Å². The van der Waals surface area contributed by atoms with E-state index in [0.717, 1.165) is 16.4 Å². The van der Waals surface area contributed by atoms with Crippen molar-refractivity contribution in [2.24, 2.45) is 5.73 Å². The predicted molar refractivity (Wildman–Crippen MR) is 72.4 cm³/mol. The standard InChI is InChI=1S/C12H14ClF3N2O2S/c13-10-5-1-4-9(12(14,15)16)11(10)21(19,20)18-6-2-3-8(17)7-18/h1,4-5,8H,2-3,6-7,17H2. The maximum Gasteiger partial charge on any atom is 0.417 e. The van der Waals surface area contributed by atoms with Gasteiger partial charge in [-0.2, -0.15) is 17.5 Å². The van der Waals surface area contributed by atoms with Gasteiger partial charge >= 0.3 is 6.18 Å². The van der Waals surface area contributed by atoms with Crippen molar-refractivity contribution in [3.63, 3.8) is 0 Å². The van der Waals surface area contributed by atoms with Crippen LogP contribution in [0.1, 0.15) is 18.4 Å². The van der Waals surface area contributed by atoms with E-state index in [-0.39, 0.29) is 19.1 Å². The fourth-order valence-corrected chi connectivity index (χ4v) is 4.57. The van der Waals surface area contributed by atoms with Gasteiger partial charge in [-0.25, -0.2) is 8.42 Å². The molecule has 0 bridgehead atoms. The summed E-state index contributed by atoms with van der Waals surface area (Å²) in [6, 6.07) is 2.54. The minimum atomic E-state index is -4.80. The van der Waals surface area contributed by atoms with Crippen LogP contribution >= 0.6 is 11.6 Å². The third-order valence-electron chi connectivity index (χ3n) is 3.29. The van der Waals surface area contributed by atoms with Crippen LogP contribution in [-0.2, 0) is 16.2 Å². The van der Waals surface area contributed by atoms with Crippen LogP contribution in [0.2, 0.25) is 5.02 Å². The summed E-state index contributed by atoms with van der Waals surface area (Å²) in [6.07, 6.45) is -3.65. The Morgan fingerprint density at radius 2 is 2.00 bits per heavy atom. The molecule has 0 aliphatic carbocycles. The monoisotopic (exact) mass is 342 g/mol. The molecule has 118 valence electrons. The lowest BCUT2D eigenvalue weighted by molar-refractivity contribution is -0.139. The molecular weight excluding hydrogens is 329 g/mol. The summed E-state index contributed by atoms with van der Waals surface area (Å²) < 4.78 is 65.1. The second kappa shape index (κ2) is 5.75. The highest BCUT2D eigenvalue weighted by molar-refractivity contribution is 7.89. The molecule has 1 atom stereocenters. The van der Waals surface area contributed by atoms with Gasteiger partial charge in [0, 0.05) is 19.1 Å². The van der Waals surface area contributed by atoms with Crippen LogP contribution in [0.3, 0.4) is 0 Å². The molecule has 9 heteroatoms. The van der Waals surface area contributed by atoms with E-state index in [4.69, 9.17) is 17.3 Å². The van der Waals surface area contributed by atoms with Crippen molar-refractivity contribution in [2.45, 2.75) is 30.0 Å². The minimum absolute atomic E-state index is 0.00907. The summed E-state index contributed by atoms with van der Waals surface area (Å²) in [4.78, 5) is -0.895. The Labute approximate surface area is 125 Å². The lowest BCUT2D eigenvalue weighted by Gasteiger charge is -2.30. The summed E-state index contributed by atoms with van der Waals surface area (Å²) in [6.45, 7) is 0.128. The molecule has 0 saturated carbocycles. The number of alkyl halides is 3. The summed E-state index contributed by atoms with van der Waals surface area (Å²) in [7, 11) is -4.34. The van der Waals surface area contributed by atoms with Crippen molar-refractivity contribution >= 4 is 21.6 Å². The van der Waals surface area contributed by atoms with Crippen molar-refractivity contribution < 1.29 is 21.6 Å². The molecule has 1 aliphatic heterocycles. The van der Waals surface area contributed by atoms with E-state index in [0.29, 0.717) is 18.9 Å². The number of hydrogen-bond donors (Lipinski definition) is 1. The first-order valence-electron chi connectivity index (χ1n) is 6.25. The van der Waals surface area contributed by atoms with Gasteiger partial charge in [0.25, 0.3) is 0 Å². The first-order valence-corrected chi connectivity index (χ1v) is 8.07. The maximum atomic E-state index is 13.0. The Morgan fingerprint density at radius 3 is 2.57 bits per heavy atom. The van der Waals surface area contributed by atoms with Gasteiger partial charge in [-0.05, 0) is 25.0 Å². The van der Waals surface area contributed by atoms with Crippen LogP contribution in [0.25, 0.3) is 0 Å². The number of hydrogen-bond acceptors (Lipinski definition) is 3. The largest absolute Gasteiger partial charge is 0.417 e. The number of piperidine rings is 1. The van der Waals surface area contributed by atoms with Gasteiger partial charge in [0.05, 0.1) is 10.6 Å². The Hall–Kier alpha value is -0.830. The van der Waals surface area contributed by atoms with Gasteiger partial charge in [-0.1, -0.05) is 17.7 Å². The average molecular weight is 343 g/mol. The lowest BCUT2D eigenvalue weighted by Crippen LogP contribution is -2.46. The lowest BCUT2D eigenvalue weighted by atomic mass is 10.1. The van der Waals surface area contributed by atoms with Gasteiger partial charge in [0.1, 0.15) is 4.90 Å². The highest BCUT2D eigenvalue weighted by Gasteiger charge is 2.41. The van der Waals surface area contributed by atoms with Gasteiger partial charge < -0.3 is 5.73 Å². The molecule has 0 spiro atoms. The molecule has 1 aliphatic rings. The first-order chi connectivity index (χ1) is 9.64. The Balaban J connectivity index is 2.54. The van der Waals surface area contributed by atoms with Gasteiger partial charge in [0.15, 0.2) is 0 Å². The fourth-order valence-electron chi connectivity index (χ4n) is 2.32. The molecule has 2 N–H and O–H groups in total. The minimum Gasteiger partial charge on any atom is -0.327 e. The van der Waals surface area contributed by atoms with E-state index >= 15 is 0 Å². The van der Waals surface area contributed by atoms with E-state index in [9.17, 15) is 21.6 Å². The van der Waals surface area contributed by atoms with Crippen LogP contribution in [0.5, 0.6) is 0 Å². The normalized spacial score (nSPS) is 21.5. The highest BCUT2D eigenvalue weighted by Crippen LogP contribution is 2.39. The Bertz CT molecular complexity index is 634. The number of nitrogens with two attached hydrogens (primary N) is 1. The van der Waals surface area contributed by atoms with E-state index in [1.54, 1.807) is 0 Å². The van der Waals surface area contributed by atoms with Crippen molar-refractivity contribution in [3.05, 3.63) is 28.8 Å². The van der Waals surface area contributed by atoms with E-state index in [1.807, 2.05) is 0 Å². The third-order valence-corrected chi connectivity index (χ3v) is 5.69. The van der Waals surface area contributed by atoms with Crippen molar-refractivity contribution in [3.8, 4) is 0 Å². The SMILES string of the molecule is NC1CCCN(S(=O)(=O)c2c(Cl)cccc2C(F)(F)F)C1. The summed E-state index contributed by atoms with van der Waals surface area (Å²) >= 11 is 5.74. The van der Waals surface area contributed by atoms with E-state index < -0.39 is 31.7 Å². The summed E-state index contributed by atoms with van der Waals surface area (Å²) in [5.41, 5.74) is 4.45. The second-order valence-electron chi connectivity index (χ2n) is 4.88. The number of nitrogens with zero attached hydrogens (tertiary/aromatic N) is 1. The smallest absolute Gasteiger partial charge is 0.327 e. The van der Waals surface area contributed by atoms with E-state index in [1.165, 1.54) is 0 Å². The van der Waals surface area contributed by atoms with Crippen molar-refractivity contribution in [1.29, 1.82) is 0 Å². The van der Waals surface area contributed by atoms with Crippen LogP contribution < -0.4 is 5.73 Å². The molecule has 1 heterocycles. The molecular formula is C12H14ClF3N2O2S. The molecule has 1 aromatic rings. The molecule has 2 rings (SSSR count). The molecule has 21 heavy (non-hydrogen) atoms. The third kappa shape index (κ3) is 3.33. The Kier molecular flexibility index (Phi) is 4.53. The molecule has 0 amide bonds. The van der Waals surface area contributed by atoms with Crippen molar-refractivity contribution in [1.82, 2.24) is 4.31 Å². The molecule has 1 saturated heterocycles. The highest BCUT2D eigenvalue weighted by atomic mass is 35.5. The van der Waals surface area contributed by atoms with Crippen LogP contribution in [0.15, 0.2) is 23.1 Å². The number of halogens is 4. The summed E-state index contributed by atoms with van der Waals surface area (Å²) in [5.74, 6) is 0. The molecule has 1 aromatic carbocycles. The van der Waals surface area contributed by atoms with Crippen LogP contribution in [0, 0.1) is 0 Å². The first kappa shape index (κ1) is 16.5. The zero-order chi connectivity index (χ0) is 15.8. The molecule has 4 nitrogen and oxygen atoms in total. The molecule has 1 fully saturated rings. The number of rotatable bonds is 2. The number of sulfonamides is 1. The molecule has 0 radical (unpaired) electrons.